The zero-order chi connectivity index (χ0) is 14.5. The lowest BCUT2D eigenvalue weighted by atomic mass is 10.1. The third-order valence-corrected chi connectivity index (χ3v) is 5.25. The average Bonchev–Trinajstić information content (AvgIpc) is 2.48. The Morgan fingerprint density at radius 2 is 2.00 bits per heavy atom. The molecule has 1 heterocycles. The summed E-state index contributed by atoms with van der Waals surface area (Å²) in [6, 6.07) is 9.52. The van der Waals surface area contributed by atoms with Gasteiger partial charge in [0.05, 0.1) is 17.7 Å². The highest BCUT2D eigenvalue weighted by atomic mass is 32.2. The van der Waals surface area contributed by atoms with Gasteiger partial charge in [-0.05, 0) is 37.6 Å². The van der Waals surface area contributed by atoms with Crippen molar-refractivity contribution < 1.29 is 9.32 Å². The lowest BCUT2D eigenvalue weighted by Crippen LogP contribution is -2.39. The van der Waals surface area contributed by atoms with Gasteiger partial charge in [-0.15, -0.1) is 0 Å². The van der Waals surface area contributed by atoms with Crippen molar-refractivity contribution in [3.63, 3.8) is 0 Å². The van der Waals surface area contributed by atoms with Crippen molar-refractivity contribution in [1.29, 1.82) is 5.26 Å². The van der Waals surface area contributed by atoms with Crippen LogP contribution in [0.1, 0.15) is 30.1 Å². The van der Waals surface area contributed by atoms with Crippen LogP contribution < -0.4 is 0 Å². The Hall–Kier alpha value is -1.22. The number of aliphatic hydroxyl groups excluding tert-OH is 1. The van der Waals surface area contributed by atoms with Gasteiger partial charge in [0.15, 0.2) is 0 Å². The van der Waals surface area contributed by atoms with E-state index < -0.39 is 16.9 Å². The molecule has 0 aromatic heterocycles. The summed E-state index contributed by atoms with van der Waals surface area (Å²) in [6.07, 6.45) is 1.31. The van der Waals surface area contributed by atoms with Crippen LogP contribution in [0.25, 0.3) is 0 Å². The molecule has 0 saturated carbocycles. The van der Waals surface area contributed by atoms with E-state index in [9.17, 15) is 9.32 Å². The van der Waals surface area contributed by atoms with Crippen molar-refractivity contribution in [2.75, 3.05) is 25.1 Å². The molecule has 1 unspecified atom stereocenters. The van der Waals surface area contributed by atoms with E-state index in [1.807, 2.05) is 7.05 Å². The SMILES string of the molecule is CN(CC(O)c1ccc(C#N)cc1)C1CCS(=O)CC1. The van der Waals surface area contributed by atoms with Crippen LogP contribution in [0.2, 0.25) is 0 Å². The first kappa shape index (κ1) is 15.2. The van der Waals surface area contributed by atoms with Crippen LogP contribution >= 0.6 is 0 Å². The van der Waals surface area contributed by atoms with Gasteiger partial charge in [-0.3, -0.25) is 4.21 Å². The zero-order valence-electron chi connectivity index (χ0n) is 11.7. The topological polar surface area (TPSA) is 64.3 Å². The third kappa shape index (κ3) is 3.89. The minimum Gasteiger partial charge on any atom is -0.387 e. The molecule has 108 valence electrons. The van der Waals surface area contributed by atoms with Gasteiger partial charge in [-0.25, -0.2) is 0 Å². The van der Waals surface area contributed by atoms with Gasteiger partial charge in [0, 0.05) is 34.9 Å². The summed E-state index contributed by atoms with van der Waals surface area (Å²) < 4.78 is 11.4. The first-order valence-electron chi connectivity index (χ1n) is 6.83. The molecule has 1 atom stereocenters. The van der Waals surface area contributed by atoms with Gasteiger partial charge < -0.3 is 10.0 Å². The highest BCUT2D eigenvalue weighted by Gasteiger charge is 2.23. The van der Waals surface area contributed by atoms with Gasteiger partial charge in [0.25, 0.3) is 0 Å². The summed E-state index contributed by atoms with van der Waals surface area (Å²) in [5.41, 5.74) is 1.43. The summed E-state index contributed by atoms with van der Waals surface area (Å²) in [4.78, 5) is 2.15. The molecule has 2 rings (SSSR count). The van der Waals surface area contributed by atoms with E-state index in [-0.39, 0.29) is 0 Å². The number of benzene rings is 1. The van der Waals surface area contributed by atoms with Crippen LogP contribution in [0.15, 0.2) is 24.3 Å². The molecule has 0 amide bonds. The van der Waals surface area contributed by atoms with Crippen LogP contribution in [0, 0.1) is 11.3 Å². The Morgan fingerprint density at radius 1 is 1.40 bits per heavy atom. The van der Waals surface area contributed by atoms with Crippen molar-refractivity contribution in [2.45, 2.75) is 25.0 Å². The molecule has 1 aliphatic heterocycles. The minimum atomic E-state index is -0.650. The number of likely N-dealkylation sites (N-methyl/N-ethyl adjacent to an activating group) is 1. The van der Waals surface area contributed by atoms with Crippen molar-refractivity contribution in [2.24, 2.45) is 0 Å². The fourth-order valence-electron chi connectivity index (χ4n) is 2.53. The molecule has 0 bridgehead atoms. The second-order valence-electron chi connectivity index (χ2n) is 5.27. The van der Waals surface area contributed by atoms with Crippen LogP contribution in [-0.2, 0) is 10.8 Å². The lowest BCUT2D eigenvalue weighted by molar-refractivity contribution is 0.101. The van der Waals surface area contributed by atoms with E-state index in [2.05, 4.69) is 11.0 Å². The van der Waals surface area contributed by atoms with Crippen LogP contribution in [0.3, 0.4) is 0 Å². The summed E-state index contributed by atoms with van der Waals surface area (Å²) in [7, 11) is 1.36. The Balaban J connectivity index is 1.91. The van der Waals surface area contributed by atoms with Gasteiger partial charge in [-0.1, -0.05) is 12.1 Å². The number of hydrogen-bond acceptors (Lipinski definition) is 4. The molecule has 20 heavy (non-hydrogen) atoms. The van der Waals surface area contributed by atoms with Gasteiger partial charge in [-0.2, -0.15) is 5.26 Å². The first-order valence-corrected chi connectivity index (χ1v) is 8.32. The Kier molecular flexibility index (Phi) is 5.30. The maximum Gasteiger partial charge on any atom is 0.0991 e. The second kappa shape index (κ2) is 6.98. The summed E-state index contributed by atoms with van der Waals surface area (Å²) in [5.74, 6) is 1.53. The highest BCUT2D eigenvalue weighted by molar-refractivity contribution is 7.85. The third-order valence-electron chi connectivity index (χ3n) is 3.87. The maximum atomic E-state index is 11.4. The molecular weight excluding hydrogens is 272 g/mol. The normalized spacial score (nSPS) is 24.3. The lowest BCUT2D eigenvalue weighted by Gasteiger charge is -2.32. The van der Waals surface area contributed by atoms with Crippen molar-refractivity contribution >= 4 is 10.8 Å². The van der Waals surface area contributed by atoms with Crippen LogP contribution in [0.4, 0.5) is 0 Å². The Bertz CT molecular complexity index is 500. The number of nitriles is 1. The van der Waals surface area contributed by atoms with E-state index in [0.29, 0.717) is 18.2 Å². The molecule has 4 nitrogen and oxygen atoms in total. The maximum absolute atomic E-state index is 11.4. The fraction of sp³-hybridized carbons (Fsp3) is 0.533. The molecule has 0 spiro atoms. The summed E-state index contributed by atoms with van der Waals surface area (Å²) in [6.45, 7) is 0.559. The Labute approximate surface area is 122 Å². The van der Waals surface area contributed by atoms with E-state index in [4.69, 9.17) is 5.26 Å². The zero-order valence-corrected chi connectivity index (χ0v) is 12.5. The molecule has 5 heteroatoms. The van der Waals surface area contributed by atoms with E-state index in [1.54, 1.807) is 24.3 Å². The molecule has 1 N–H and O–H groups in total. The van der Waals surface area contributed by atoms with E-state index in [0.717, 1.165) is 29.9 Å². The standard InChI is InChI=1S/C15H20N2O2S/c1-17(14-6-8-20(19)9-7-14)11-15(18)13-4-2-12(10-16)3-5-13/h2-5,14-15,18H,6-9,11H2,1H3. The molecule has 1 aliphatic rings. The average molecular weight is 292 g/mol. The van der Waals surface area contributed by atoms with Crippen LogP contribution in [-0.4, -0.2) is 45.4 Å². The van der Waals surface area contributed by atoms with Crippen molar-refractivity contribution in [3.05, 3.63) is 35.4 Å². The van der Waals surface area contributed by atoms with E-state index >= 15 is 0 Å². The first-order chi connectivity index (χ1) is 9.60. The van der Waals surface area contributed by atoms with Gasteiger partial charge in [0.2, 0.25) is 0 Å². The predicted molar refractivity (Wildman–Crippen MR) is 79.6 cm³/mol. The van der Waals surface area contributed by atoms with Crippen molar-refractivity contribution in [1.82, 2.24) is 4.90 Å². The van der Waals surface area contributed by atoms with Crippen molar-refractivity contribution in [3.8, 4) is 6.07 Å². The highest BCUT2D eigenvalue weighted by Crippen LogP contribution is 2.19. The smallest absolute Gasteiger partial charge is 0.0991 e. The van der Waals surface area contributed by atoms with Gasteiger partial charge in [0.1, 0.15) is 0 Å². The van der Waals surface area contributed by atoms with E-state index in [1.165, 1.54) is 0 Å². The molecule has 1 fully saturated rings. The number of rotatable bonds is 4. The molecule has 1 aromatic rings. The summed E-state index contributed by atoms with van der Waals surface area (Å²) >= 11 is 0. The summed E-state index contributed by atoms with van der Waals surface area (Å²) in [5, 5.41) is 19.0. The molecule has 0 aliphatic carbocycles. The Morgan fingerprint density at radius 3 is 2.55 bits per heavy atom. The molecular formula is C15H20N2O2S. The van der Waals surface area contributed by atoms with Gasteiger partial charge >= 0.3 is 0 Å². The fourth-order valence-corrected chi connectivity index (χ4v) is 3.80. The minimum absolute atomic E-state index is 0.403. The quantitative estimate of drug-likeness (QED) is 0.912. The molecule has 1 saturated heterocycles. The number of nitrogens with zero attached hydrogens (tertiary/aromatic N) is 2. The second-order valence-corrected chi connectivity index (χ2v) is 6.96. The predicted octanol–water partition coefficient (Wildman–Crippen LogP) is 1.43. The number of hydrogen-bond donors (Lipinski definition) is 1. The molecule has 0 radical (unpaired) electrons. The monoisotopic (exact) mass is 292 g/mol. The van der Waals surface area contributed by atoms with Crippen LogP contribution in [0.5, 0.6) is 0 Å². The largest absolute Gasteiger partial charge is 0.387 e. The number of aliphatic hydroxyl groups is 1. The molecule has 1 aromatic carbocycles.